The second-order valence-electron chi connectivity index (χ2n) is 6.37. The van der Waals surface area contributed by atoms with E-state index in [1.54, 1.807) is 0 Å². The van der Waals surface area contributed by atoms with Crippen molar-refractivity contribution in [3.63, 3.8) is 0 Å². The average Bonchev–Trinajstić information content (AvgIpc) is 3.08. The third-order valence-electron chi connectivity index (χ3n) is 4.84. The van der Waals surface area contributed by atoms with Gasteiger partial charge in [-0.05, 0) is 43.4 Å². The number of nitriles is 1. The zero-order valence-electron chi connectivity index (χ0n) is 13.5. The van der Waals surface area contributed by atoms with Crippen molar-refractivity contribution in [1.29, 1.82) is 5.26 Å². The van der Waals surface area contributed by atoms with Gasteiger partial charge in [0.2, 0.25) is 0 Å². The molecule has 0 N–H and O–H groups in total. The maximum atomic E-state index is 8.96. The van der Waals surface area contributed by atoms with Crippen LogP contribution in [0.1, 0.15) is 35.7 Å². The Bertz CT molecular complexity index is 870. The van der Waals surface area contributed by atoms with Gasteiger partial charge in [0.05, 0.1) is 23.7 Å². The summed E-state index contributed by atoms with van der Waals surface area (Å²) in [6.45, 7) is 0. The number of hydrogen-bond acceptors (Lipinski definition) is 2. The Hall–Kier alpha value is -2.86. The van der Waals surface area contributed by atoms with Crippen molar-refractivity contribution in [2.45, 2.75) is 31.7 Å². The molecule has 1 aliphatic heterocycles. The fourth-order valence-corrected chi connectivity index (χ4v) is 3.62. The molecule has 2 heterocycles. The Morgan fingerprint density at radius 1 is 1.08 bits per heavy atom. The lowest BCUT2D eigenvalue weighted by molar-refractivity contribution is 0.400. The van der Waals surface area contributed by atoms with Crippen molar-refractivity contribution in [3.05, 3.63) is 77.7 Å². The lowest BCUT2D eigenvalue weighted by Crippen LogP contribution is -2.19. The van der Waals surface area contributed by atoms with E-state index >= 15 is 0 Å². The van der Waals surface area contributed by atoms with Crippen molar-refractivity contribution >= 4 is 0 Å². The molecule has 0 saturated heterocycles. The first-order chi connectivity index (χ1) is 11.8. The second-order valence-corrected chi connectivity index (χ2v) is 6.37. The highest BCUT2D eigenvalue weighted by molar-refractivity contribution is 5.63. The third-order valence-corrected chi connectivity index (χ3v) is 4.84. The molecule has 2 aromatic carbocycles. The average molecular weight is 313 g/mol. The molecule has 1 aromatic heterocycles. The number of fused-ring (bicyclic) bond motifs is 1. The van der Waals surface area contributed by atoms with Gasteiger partial charge in [-0.2, -0.15) is 5.26 Å². The highest BCUT2D eigenvalue weighted by Gasteiger charge is 2.23. The predicted octanol–water partition coefficient (Wildman–Crippen LogP) is 4.54. The van der Waals surface area contributed by atoms with E-state index in [1.165, 1.54) is 24.1 Å². The molecule has 3 heteroatoms. The van der Waals surface area contributed by atoms with Crippen LogP contribution in [0.5, 0.6) is 0 Å². The predicted molar refractivity (Wildman–Crippen MR) is 94.5 cm³/mol. The van der Waals surface area contributed by atoms with E-state index < -0.39 is 0 Å². The molecule has 0 bridgehead atoms. The molecule has 1 atom stereocenters. The van der Waals surface area contributed by atoms with E-state index in [9.17, 15) is 0 Å². The highest BCUT2D eigenvalue weighted by Crippen LogP contribution is 2.33. The Balaban J connectivity index is 1.65. The molecule has 3 aromatic rings. The van der Waals surface area contributed by atoms with Crippen LogP contribution in [0.25, 0.3) is 11.3 Å². The number of imidazole rings is 1. The zero-order valence-corrected chi connectivity index (χ0v) is 13.5. The maximum absolute atomic E-state index is 8.96. The van der Waals surface area contributed by atoms with Gasteiger partial charge in [0.15, 0.2) is 0 Å². The molecule has 118 valence electrons. The third kappa shape index (κ3) is 2.72. The Kier molecular flexibility index (Phi) is 3.88. The largest absolute Gasteiger partial charge is 0.331 e. The minimum atomic E-state index is 0.482. The minimum Gasteiger partial charge on any atom is -0.331 e. The van der Waals surface area contributed by atoms with Crippen LogP contribution in [-0.2, 0) is 12.8 Å². The summed E-state index contributed by atoms with van der Waals surface area (Å²) in [5.74, 6) is 0. The van der Waals surface area contributed by atoms with Gasteiger partial charge in [-0.25, -0.2) is 4.98 Å². The minimum absolute atomic E-state index is 0.482. The fraction of sp³-hybridized carbons (Fsp3) is 0.238. The molecule has 0 amide bonds. The maximum Gasteiger partial charge on any atom is 0.0991 e. The molecular weight excluding hydrogens is 294 g/mol. The van der Waals surface area contributed by atoms with Crippen molar-refractivity contribution in [1.82, 2.24) is 9.55 Å². The van der Waals surface area contributed by atoms with Crippen molar-refractivity contribution in [2.24, 2.45) is 0 Å². The molecule has 0 spiro atoms. The van der Waals surface area contributed by atoms with Gasteiger partial charge in [-0.1, -0.05) is 42.5 Å². The summed E-state index contributed by atoms with van der Waals surface area (Å²) in [6, 6.07) is 21.1. The van der Waals surface area contributed by atoms with Crippen LogP contribution in [0.3, 0.4) is 0 Å². The molecule has 0 aliphatic carbocycles. The van der Waals surface area contributed by atoms with Crippen molar-refractivity contribution in [3.8, 4) is 17.3 Å². The summed E-state index contributed by atoms with van der Waals surface area (Å²) in [5.41, 5.74) is 5.56. The summed E-state index contributed by atoms with van der Waals surface area (Å²) >= 11 is 0. The molecule has 4 rings (SSSR count). The monoisotopic (exact) mass is 313 g/mol. The Labute approximate surface area is 142 Å². The van der Waals surface area contributed by atoms with Gasteiger partial charge in [-0.15, -0.1) is 0 Å². The molecule has 1 unspecified atom stereocenters. The normalized spacial score (nSPS) is 16.4. The summed E-state index contributed by atoms with van der Waals surface area (Å²) in [4.78, 5) is 4.70. The second kappa shape index (κ2) is 6.33. The van der Waals surface area contributed by atoms with Gasteiger partial charge in [0, 0.05) is 17.3 Å². The number of nitrogens with zero attached hydrogens (tertiary/aromatic N) is 3. The van der Waals surface area contributed by atoms with Crippen LogP contribution < -0.4 is 0 Å². The standard InChI is InChI=1S/C21H19N3/c22-14-17-9-11-18(12-10-17)21-20-8-4-7-19(24(20)15-23-21)13-16-5-2-1-3-6-16/h1-3,5-6,9-12,15,19H,4,7-8,13H2. The summed E-state index contributed by atoms with van der Waals surface area (Å²) in [7, 11) is 0. The smallest absolute Gasteiger partial charge is 0.0991 e. The number of hydrogen-bond donors (Lipinski definition) is 0. The summed E-state index contributed by atoms with van der Waals surface area (Å²) in [5, 5.41) is 8.96. The molecule has 1 aliphatic rings. The number of rotatable bonds is 3. The van der Waals surface area contributed by atoms with Crippen molar-refractivity contribution in [2.75, 3.05) is 0 Å². The first-order valence-corrected chi connectivity index (χ1v) is 8.45. The topological polar surface area (TPSA) is 41.6 Å². The van der Waals surface area contributed by atoms with Crippen LogP contribution in [0.2, 0.25) is 0 Å². The molecule has 3 nitrogen and oxygen atoms in total. The van der Waals surface area contributed by atoms with Gasteiger partial charge in [-0.3, -0.25) is 0 Å². The van der Waals surface area contributed by atoms with Crippen LogP contribution in [0.15, 0.2) is 60.9 Å². The van der Waals surface area contributed by atoms with Gasteiger partial charge in [0.1, 0.15) is 0 Å². The molecule has 0 fully saturated rings. The quantitative estimate of drug-likeness (QED) is 0.712. The molecular formula is C21H19N3. The lowest BCUT2D eigenvalue weighted by Gasteiger charge is -2.26. The number of benzene rings is 2. The SMILES string of the molecule is N#Cc1ccc(-c2ncn3c2CCCC3Cc2ccccc2)cc1. The lowest BCUT2D eigenvalue weighted by atomic mass is 9.95. The van der Waals surface area contributed by atoms with Crippen LogP contribution in [-0.4, -0.2) is 9.55 Å². The fourth-order valence-electron chi connectivity index (χ4n) is 3.62. The molecule has 0 radical (unpaired) electrons. The van der Waals surface area contributed by atoms with E-state index in [2.05, 4.69) is 41.0 Å². The van der Waals surface area contributed by atoms with Crippen LogP contribution in [0.4, 0.5) is 0 Å². The first-order valence-electron chi connectivity index (χ1n) is 8.45. The van der Waals surface area contributed by atoms with E-state index in [0.717, 1.165) is 24.1 Å². The van der Waals surface area contributed by atoms with Crippen molar-refractivity contribution < 1.29 is 0 Å². The molecule has 0 saturated carbocycles. The highest BCUT2D eigenvalue weighted by atomic mass is 15.1. The van der Waals surface area contributed by atoms with Gasteiger partial charge in [0.25, 0.3) is 0 Å². The van der Waals surface area contributed by atoms with Gasteiger partial charge >= 0.3 is 0 Å². The molecule has 24 heavy (non-hydrogen) atoms. The summed E-state index contributed by atoms with van der Waals surface area (Å²) < 4.78 is 2.37. The van der Waals surface area contributed by atoms with E-state index in [0.29, 0.717) is 11.6 Å². The number of aromatic nitrogens is 2. The van der Waals surface area contributed by atoms with E-state index in [1.807, 2.05) is 30.6 Å². The van der Waals surface area contributed by atoms with E-state index in [-0.39, 0.29) is 0 Å². The van der Waals surface area contributed by atoms with Crippen LogP contribution >= 0.6 is 0 Å². The van der Waals surface area contributed by atoms with Crippen LogP contribution in [0, 0.1) is 11.3 Å². The first kappa shape index (κ1) is 14.7. The van der Waals surface area contributed by atoms with E-state index in [4.69, 9.17) is 10.2 Å². The zero-order chi connectivity index (χ0) is 16.4. The van der Waals surface area contributed by atoms with Gasteiger partial charge < -0.3 is 4.57 Å². The Morgan fingerprint density at radius 3 is 2.62 bits per heavy atom. The Morgan fingerprint density at radius 2 is 1.88 bits per heavy atom. The summed E-state index contributed by atoms with van der Waals surface area (Å²) in [6.07, 6.45) is 6.52.